The second-order valence-electron chi connectivity index (χ2n) is 10.8. The Labute approximate surface area is 221 Å². The molecule has 2 aromatic carbocycles. The van der Waals surface area contributed by atoms with Crippen molar-refractivity contribution in [1.82, 2.24) is 0 Å². The minimum Gasteiger partial charge on any atom is -0.463 e. The van der Waals surface area contributed by atoms with E-state index in [2.05, 4.69) is 20.8 Å². The maximum atomic E-state index is 14.1. The zero-order valence-corrected chi connectivity index (χ0v) is 22.5. The Kier molecular flexibility index (Phi) is 8.63. The zero-order valence-electron chi connectivity index (χ0n) is 22.5. The Morgan fingerprint density at radius 1 is 1.00 bits per heavy atom. The molecule has 2 aromatic rings. The van der Waals surface area contributed by atoms with Crippen LogP contribution in [0.1, 0.15) is 70.9 Å². The average Bonchev–Trinajstić information content (AvgIpc) is 3.34. The van der Waals surface area contributed by atoms with E-state index in [-0.39, 0.29) is 31.1 Å². The van der Waals surface area contributed by atoms with Gasteiger partial charge < -0.3 is 9.47 Å². The van der Waals surface area contributed by atoms with E-state index in [1.807, 2.05) is 60.7 Å². The van der Waals surface area contributed by atoms with E-state index < -0.39 is 5.54 Å². The topological polar surface area (TPSA) is 65.0 Å². The number of nitrogens with zero attached hydrogens (tertiary/aromatic N) is 1. The second-order valence-corrected chi connectivity index (χ2v) is 10.8. The lowest BCUT2D eigenvalue weighted by atomic mass is 9.75. The van der Waals surface area contributed by atoms with Gasteiger partial charge in [0.25, 0.3) is 0 Å². The van der Waals surface area contributed by atoms with Gasteiger partial charge in [-0.2, -0.15) is 0 Å². The lowest BCUT2D eigenvalue weighted by molar-refractivity contribution is -0.162. The summed E-state index contributed by atoms with van der Waals surface area (Å²) < 4.78 is 11.6. The minimum atomic E-state index is -1.22. The number of esters is 2. The third kappa shape index (κ3) is 6.20. The van der Waals surface area contributed by atoms with Crippen molar-refractivity contribution in [2.45, 2.75) is 71.4 Å². The normalized spacial score (nSPS) is 25.3. The molecule has 4 rings (SSSR count). The first-order valence-corrected chi connectivity index (χ1v) is 13.6. The summed E-state index contributed by atoms with van der Waals surface area (Å²) in [6.45, 7) is 8.70. The molecule has 0 bridgehead atoms. The second kappa shape index (κ2) is 11.9. The van der Waals surface area contributed by atoms with Crippen LogP contribution < -0.4 is 0 Å². The highest BCUT2D eigenvalue weighted by Crippen LogP contribution is 2.40. The molecule has 0 amide bonds. The van der Waals surface area contributed by atoms with Crippen molar-refractivity contribution < 1.29 is 19.1 Å². The molecule has 2 aliphatic carbocycles. The van der Waals surface area contributed by atoms with E-state index >= 15 is 0 Å². The molecule has 5 nitrogen and oxygen atoms in total. The molecule has 0 radical (unpaired) electrons. The van der Waals surface area contributed by atoms with Gasteiger partial charge in [0.15, 0.2) is 5.54 Å². The first-order chi connectivity index (χ1) is 17.8. The fourth-order valence-corrected chi connectivity index (χ4v) is 5.62. The number of benzene rings is 2. The summed E-state index contributed by atoms with van der Waals surface area (Å²) in [6, 6.07) is 19.8. The van der Waals surface area contributed by atoms with E-state index in [1.165, 1.54) is 0 Å². The van der Waals surface area contributed by atoms with Crippen molar-refractivity contribution in [2.24, 2.45) is 22.7 Å². The van der Waals surface area contributed by atoms with Gasteiger partial charge in [0.05, 0.1) is 12.3 Å². The van der Waals surface area contributed by atoms with Crippen LogP contribution in [0.2, 0.25) is 0 Å². The minimum absolute atomic E-state index is 0.146. The number of ether oxygens (including phenoxy) is 2. The quantitative estimate of drug-likeness (QED) is 0.304. The number of carbonyl (C=O) groups is 2. The summed E-state index contributed by atoms with van der Waals surface area (Å²) in [7, 11) is 0. The van der Waals surface area contributed by atoms with Crippen LogP contribution in [-0.4, -0.2) is 35.9 Å². The maximum absolute atomic E-state index is 14.1. The number of aliphatic imine (C=N–C) groups is 1. The van der Waals surface area contributed by atoms with E-state index in [4.69, 9.17) is 14.5 Å². The number of hydrogen-bond acceptors (Lipinski definition) is 5. The zero-order chi connectivity index (χ0) is 26.4. The molecule has 0 heterocycles. The van der Waals surface area contributed by atoms with Crippen LogP contribution in [0.25, 0.3) is 0 Å². The van der Waals surface area contributed by atoms with Gasteiger partial charge in [0.2, 0.25) is 0 Å². The van der Waals surface area contributed by atoms with Crippen LogP contribution in [0, 0.1) is 17.8 Å². The molecule has 0 unspecified atom stereocenters. The Balaban J connectivity index is 1.75. The SMILES string of the molecule is CCOC(=O)C1=CC[C@](N=C(c2ccccc2)c2ccccc2)(C(=O)O[C@@H]2C[C@H](C)CC[C@H]2C(C)C)C1. The summed E-state index contributed by atoms with van der Waals surface area (Å²) in [5, 5.41) is 0. The van der Waals surface area contributed by atoms with Crippen LogP contribution in [0.3, 0.4) is 0 Å². The summed E-state index contributed by atoms with van der Waals surface area (Å²) >= 11 is 0. The molecule has 4 atom stereocenters. The molecule has 0 saturated heterocycles. The van der Waals surface area contributed by atoms with E-state index in [0.29, 0.717) is 35.5 Å². The van der Waals surface area contributed by atoms with Crippen molar-refractivity contribution in [1.29, 1.82) is 0 Å². The summed E-state index contributed by atoms with van der Waals surface area (Å²) in [4.78, 5) is 32.0. The molecule has 37 heavy (non-hydrogen) atoms. The molecule has 0 N–H and O–H groups in total. The standard InChI is InChI=1S/C32H39NO4/c1-5-36-30(34)26-18-19-32(21-26,31(35)37-28-20-23(4)16-17-27(28)22(2)3)33-29(24-12-8-6-9-13-24)25-14-10-7-11-15-25/h6-15,18,22-23,27-28H,5,16-17,19-21H2,1-4H3/t23-,27+,28-,32-/m1/s1. The van der Waals surface area contributed by atoms with Crippen LogP contribution in [-0.2, 0) is 19.1 Å². The molecule has 1 saturated carbocycles. The van der Waals surface area contributed by atoms with Gasteiger partial charge in [-0.1, -0.05) is 93.9 Å². The summed E-state index contributed by atoms with van der Waals surface area (Å²) in [5.74, 6) is 0.513. The molecule has 0 aliphatic heterocycles. The van der Waals surface area contributed by atoms with Gasteiger partial charge in [-0.05, 0) is 37.5 Å². The van der Waals surface area contributed by atoms with Crippen molar-refractivity contribution >= 4 is 17.7 Å². The van der Waals surface area contributed by atoms with E-state index in [9.17, 15) is 9.59 Å². The largest absolute Gasteiger partial charge is 0.463 e. The van der Waals surface area contributed by atoms with Gasteiger partial charge in [-0.15, -0.1) is 0 Å². The molecule has 0 aromatic heterocycles. The summed E-state index contributed by atoms with van der Waals surface area (Å²) in [6.07, 6.45) is 5.20. The third-order valence-corrected chi connectivity index (χ3v) is 7.73. The summed E-state index contributed by atoms with van der Waals surface area (Å²) in [5.41, 5.74) is 1.81. The molecular weight excluding hydrogens is 462 g/mol. The van der Waals surface area contributed by atoms with Crippen molar-refractivity contribution in [2.75, 3.05) is 6.61 Å². The van der Waals surface area contributed by atoms with E-state index in [1.54, 1.807) is 13.0 Å². The number of carbonyl (C=O) groups excluding carboxylic acids is 2. The molecule has 2 aliphatic rings. The highest BCUT2D eigenvalue weighted by molar-refractivity contribution is 6.14. The lowest BCUT2D eigenvalue weighted by Gasteiger charge is -2.38. The monoisotopic (exact) mass is 501 g/mol. The van der Waals surface area contributed by atoms with Gasteiger partial charge in [-0.25, -0.2) is 9.59 Å². The molecule has 0 spiro atoms. The maximum Gasteiger partial charge on any atom is 0.335 e. The molecule has 196 valence electrons. The highest BCUT2D eigenvalue weighted by Gasteiger charge is 2.47. The third-order valence-electron chi connectivity index (χ3n) is 7.73. The van der Waals surface area contributed by atoms with Crippen molar-refractivity contribution in [3.8, 4) is 0 Å². The highest BCUT2D eigenvalue weighted by atomic mass is 16.5. The molecule has 5 heteroatoms. The van der Waals surface area contributed by atoms with Gasteiger partial charge >= 0.3 is 11.9 Å². The Hall–Kier alpha value is -3.21. The smallest absolute Gasteiger partial charge is 0.335 e. The predicted octanol–water partition coefficient (Wildman–Crippen LogP) is 6.55. The number of hydrogen-bond donors (Lipinski definition) is 0. The average molecular weight is 502 g/mol. The van der Waals surface area contributed by atoms with Crippen LogP contribution >= 0.6 is 0 Å². The van der Waals surface area contributed by atoms with Crippen molar-refractivity contribution in [3.05, 3.63) is 83.4 Å². The molecular formula is C32H39NO4. The fraction of sp³-hybridized carbons (Fsp3) is 0.469. The molecule has 1 fully saturated rings. The van der Waals surface area contributed by atoms with Crippen LogP contribution in [0.4, 0.5) is 0 Å². The lowest BCUT2D eigenvalue weighted by Crippen LogP contribution is -2.44. The van der Waals surface area contributed by atoms with Crippen molar-refractivity contribution in [3.63, 3.8) is 0 Å². The van der Waals surface area contributed by atoms with Gasteiger partial charge in [-0.3, -0.25) is 4.99 Å². The van der Waals surface area contributed by atoms with Gasteiger partial charge in [0, 0.05) is 29.5 Å². The Bertz CT molecular complexity index is 1100. The first kappa shape index (κ1) is 26.8. The number of rotatable bonds is 8. The van der Waals surface area contributed by atoms with E-state index in [0.717, 1.165) is 30.4 Å². The first-order valence-electron chi connectivity index (χ1n) is 13.6. The predicted molar refractivity (Wildman–Crippen MR) is 146 cm³/mol. The fourth-order valence-electron chi connectivity index (χ4n) is 5.62. The van der Waals surface area contributed by atoms with Gasteiger partial charge in [0.1, 0.15) is 6.10 Å². The Morgan fingerprint density at radius 3 is 2.19 bits per heavy atom. The van der Waals surface area contributed by atoms with Crippen LogP contribution in [0.5, 0.6) is 0 Å². The Morgan fingerprint density at radius 2 is 1.62 bits per heavy atom. The van der Waals surface area contributed by atoms with Crippen LogP contribution in [0.15, 0.2) is 77.3 Å².